The number of hydrogen-bond acceptors (Lipinski definition) is 4. The molecule has 2 saturated heterocycles. The fraction of sp³-hybridized carbons (Fsp3) is 0.722. The first kappa shape index (κ1) is 15.2. The molecule has 0 N–H and O–H groups in total. The first-order chi connectivity index (χ1) is 11.2. The van der Waals surface area contributed by atoms with Crippen molar-refractivity contribution in [3.8, 4) is 0 Å². The molecule has 1 saturated carbocycles. The van der Waals surface area contributed by atoms with Crippen LogP contribution in [0.3, 0.4) is 0 Å². The Balaban J connectivity index is 1.32. The van der Waals surface area contributed by atoms with Gasteiger partial charge in [0, 0.05) is 26.1 Å². The van der Waals surface area contributed by atoms with Crippen molar-refractivity contribution in [2.75, 3.05) is 26.3 Å². The van der Waals surface area contributed by atoms with Crippen LogP contribution in [-0.2, 0) is 20.7 Å². The predicted octanol–water partition coefficient (Wildman–Crippen LogP) is 2.40. The van der Waals surface area contributed by atoms with E-state index in [1.807, 2.05) is 17.0 Å². The van der Waals surface area contributed by atoms with Crippen LogP contribution >= 0.6 is 0 Å². The zero-order valence-electron chi connectivity index (χ0n) is 13.5. The second-order valence-electron chi connectivity index (χ2n) is 7.27. The highest BCUT2D eigenvalue weighted by Crippen LogP contribution is 2.37. The molecule has 126 valence electrons. The fourth-order valence-corrected chi connectivity index (χ4v) is 3.74. The lowest BCUT2D eigenvalue weighted by Crippen LogP contribution is -2.50. The Bertz CT molecular complexity index is 539. The van der Waals surface area contributed by atoms with Gasteiger partial charge in [0.15, 0.2) is 0 Å². The molecule has 0 radical (unpaired) electrons. The van der Waals surface area contributed by atoms with E-state index in [1.165, 1.54) is 12.8 Å². The summed E-state index contributed by atoms with van der Waals surface area (Å²) >= 11 is 0. The molecule has 23 heavy (non-hydrogen) atoms. The molecule has 4 rings (SSSR count). The maximum absolute atomic E-state index is 12.5. The smallest absolute Gasteiger partial charge is 0.230 e. The molecule has 2 atom stereocenters. The number of rotatable bonds is 5. The third-order valence-corrected chi connectivity index (χ3v) is 5.24. The number of likely N-dealkylation sites (tertiary alicyclic amines) is 1. The van der Waals surface area contributed by atoms with Crippen molar-refractivity contribution in [2.45, 2.75) is 50.2 Å². The van der Waals surface area contributed by atoms with Gasteiger partial charge in [-0.15, -0.1) is 0 Å². The number of amides is 1. The highest BCUT2D eigenvalue weighted by Gasteiger charge is 2.45. The lowest BCUT2D eigenvalue weighted by molar-refractivity contribution is -0.138. The molecule has 1 aromatic heterocycles. The summed E-state index contributed by atoms with van der Waals surface area (Å²) in [7, 11) is 0. The zero-order chi connectivity index (χ0) is 15.7. The van der Waals surface area contributed by atoms with Crippen molar-refractivity contribution in [3.05, 3.63) is 24.2 Å². The summed E-state index contributed by atoms with van der Waals surface area (Å²) in [4.78, 5) is 14.4. The summed E-state index contributed by atoms with van der Waals surface area (Å²) in [5.41, 5.74) is -0.189. The Hall–Kier alpha value is -1.33. The van der Waals surface area contributed by atoms with Crippen LogP contribution in [0, 0.1) is 5.92 Å². The van der Waals surface area contributed by atoms with E-state index in [9.17, 15) is 4.79 Å². The van der Waals surface area contributed by atoms with Crippen molar-refractivity contribution < 1.29 is 18.7 Å². The Morgan fingerprint density at radius 3 is 3.13 bits per heavy atom. The lowest BCUT2D eigenvalue weighted by Gasteiger charge is -2.39. The molecule has 5 heteroatoms. The maximum atomic E-state index is 12.5. The summed E-state index contributed by atoms with van der Waals surface area (Å²) < 4.78 is 17.4. The lowest BCUT2D eigenvalue weighted by atomic mass is 9.89. The average Bonchev–Trinajstić information content (AvgIpc) is 3.10. The minimum atomic E-state index is -0.189. The molecule has 1 spiro atoms. The van der Waals surface area contributed by atoms with Gasteiger partial charge in [-0.1, -0.05) is 0 Å². The van der Waals surface area contributed by atoms with Crippen LogP contribution in [0.15, 0.2) is 22.8 Å². The van der Waals surface area contributed by atoms with E-state index in [0.717, 1.165) is 44.1 Å². The van der Waals surface area contributed by atoms with Crippen LogP contribution in [0.5, 0.6) is 0 Å². The fourth-order valence-electron chi connectivity index (χ4n) is 3.74. The van der Waals surface area contributed by atoms with Gasteiger partial charge in [0.25, 0.3) is 0 Å². The van der Waals surface area contributed by atoms with Gasteiger partial charge in [-0.2, -0.15) is 0 Å². The van der Waals surface area contributed by atoms with Gasteiger partial charge in [0.1, 0.15) is 5.76 Å². The molecular weight excluding hydrogens is 294 g/mol. The molecule has 1 aliphatic carbocycles. The standard InChI is InChI=1S/C18H25NO4/c20-17(9-15-3-1-8-21-15)19-7-2-6-18(13-19)10-16(12-23-18)22-11-14-4-5-14/h1,3,8,14,16H,2,4-7,9-13H2/t16-,18+/m1/s1. The molecule has 1 aromatic rings. The summed E-state index contributed by atoms with van der Waals surface area (Å²) in [6, 6.07) is 3.67. The summed E-state index contributed by atoms with van der Waals surface area (Å²) in [5, 5.41) is 0. The van der Waals surface area contributed by atoms with Crippen molar-refractivity contribution >= 4 is 5.91 Å². The monoisotopic (exact) mass is 319 g/mol. The Kier molecular flexibility index (Phi) is 4.16. The Morgan fingerprint density at radius 1 is 1.43 bits per heavy atom. The molecule has 1 amide bonds. The molecule has 3 fully saturated rings. The number of hydrogen-bond donors (Lipinski definition) is 0. The van der Waals surface area contributed by atoms with Crippen molar-refractivity contribution in [3.63, 3.8) is 0 Å². The van der Waals surface area contributed by atoms with Crippen LogP contribution in [0.25, 0.3) is 0 Å². The van der Waals surface area contributed by atoms with Gasteiger partial charge in [0.2, 0.25) is 5.91 Å². The van der Waals surface area contributed by atoms with Gasteiger partial charge < -0.3 is 18.8 Å². The van der Waals surface area contributed by atoms with Gasteiger partial charge in [0.05, 0.1) is 31.0 Å². The molecule has 5 nitrogen and oxygen atoms in total. The van der Waals surface area contributed by atoms with E-state index < -0.39 is 0 Å². The van der Waals surface area contributed by atoms with E-state index in [0.29, 0.717) is 19.6 Å². The number of ether oxygens (including phenoxy) is 2. The van der Waals surface area contributed by atoms with E-state index in [-0.39, 0.29) is 17.6 Å². The van der Waals surface area contributed by atoms with E-state index in [2.05, 4.69) is 0 Å². The van der Waals surface area contributed by atoms with Crippen LogP contribution in [0.2, 0.25) is 0 Å². The largest absolute Gasteiger partial charge is 0.469 e. The minimum absolute atomic E-state index is 0.130. The number of piperidine rings is 1. The van der Waals surface area contributed by atoms with Crippen LogP contribution in [0.4, 0.5) is 0 Å². The first-order valence-corrected chi connectivity index (χ1v) is 8.78. The Morgan fingerprint density at radius 2 is 2.35 bits per heavy atom. The SMILES string of the molecule is O=C(Cc1ccco1)N1CCC[C@]2(C[C@@H](OCC3CC3)CO2)C1. The van der Waals surface area contributed by atoms with Crippen molar-refractivity contribution in [1.82, 2.24) is 4.90 Å². The molecule has 3 heterocycles. The van der Waals surface area contributed by atoms with E-state index in [1.54, 1.807) is 6.26 Å². The van der Waals surface area contributed by atoms with Gasteiger partial charge >= 0.3 is 0 Å². The van der Waals surface area contributed by atoms with Gasteiger partial charge in [-0.05, 0) is 43.7 Å². The second kappa shape index (κ2) is 6.29. The van der Waals surface area contributed by atoms with Crippen LogP contribution in [-0.4, -0.2) is 48.8 Å². The highest BCUT2D eigenvalue weighted by molar-refractivity contribution is 5.78. The molecule has 0 aromatic carbocycles. The zero-order valence-corrected chi connectivity index (χ0v) is 13.5. The summed E-state index contributed by atoms with van der Waals surface area (Å²) in [5.74, 6) is 1.64. The van der Waals surface area contributed by atoms with E-state index in [4.69, 9.17) is 13.9 Å². The average molecular weight is 319 g/mol. The number of carbonyl (C=O) groups is 1. The number of furan rings is 1. The second-order valence-corrected chi connectivity index (χ2v) is 7.27. The first-order valence-electron chi connectivity index (χ1n) is 8.78. The third kappa shape index (κ3) is 3.61. The van der Waals surface area contributed by atoms with Crippen molar-refractivity contribution in [2.24, 2.45) is 5.92 Å². The highest BCUT2D eigenvalue weighted by atomic mass is 16.6. The predicted molar refractivity (Wildman–Crippen MR) is 84.0 cm³/mol. The molecular formula is C18H25NO4. The Labute approximate surface area is 136 Å². The number of nitrogens with zero attached hydrogens (tertiary/aromatic N) is 1. The van der Waals surface area contributed by atoms with Crippen LogP contribution < -0.4 is 0 Å². The maximum Gasteiger partial charge on any atom is 0.230 e. The van der Waals surface area contributed by atoms with Crippen molar-refractivity contribution in [1.29, 1.82) is 0 Å². The van der Waals surface area contributed by atoms with E-state index >= 15 is 0 Å². The number of carbonyl (C=O) groups excluding carboxylic acids is 1. The molecule has 2 aliphatic heterocycles. The normalized spacial score (nSPS) is 31.0. The summed E-state index contributed by atoms with van der Waals surface area (Å²) in [6.07, 6.45) is 7.73. The quantitative estimate of drug-likeness (QED) is 0.836. The minimum Gasteiger partial charge on any atom is -0.469 e. The molecule has 0 bridgehead atoms. The van der Waals surface area contributed by atoms with Gasteiger partial charge in [-0.3, -0.25) is 4.79 Å². The molecule has 3 aliphatic rings. The van der Waals surface area contributed by atoms with Crippen LogP contribution in [0.1, 0.15) is 37.9 Å². The third-order valence-electron chi connectivity index (χ3n) is 5.24. The topological polar surface area (TPSA) is 51.9 Å². The van der Waals surface area contributed by atoms with Gasteiger partial charge in [-0.25, -0.2) is 0 Å². The molecule has 0 unspecified atom stereocenters. The summed E-state index contributed by atoms with van der Waals surface area (Å²) in [6.45, 7) is 3.06.